The third kappa shape index (κ3) is 3.55. The van der Waals surface area contributed by atoms with Gasteiger partial charge in [-0.25, -0.2) is 9.55 Å². The summed E-state index contributed by atoms with van der Waals surface area (Å²) in [7, 11) is 0. The number of hydrogen-bond acceptors (Lipinski definition) is 3. The van der Waals surface area contributed by atoms with Crippen LogP contribution < -0.4 is 0 Å². The van der Waals surface area contributed by atoms with Crippen LogP contribution in [0.25, 0.3) is 33.3 Å². The molecule has 0 aliphatic carbocycles. The lowest BCUT2D eigenvalue weighted by Crippen LogP contribution is -2.17. The summed E-state index contributed by atoms with van der Waals surface area (Å²) < 4.78 is 41.5. The zero-order valence-electron chi connectivity index (χ0n) is 13.9. The fourth-order valence-electron chi connectivity index (χ4n) is 2.98. The summed E-state index contributed by atoms with van der Waals surface area (Å²) in [5.41, 5.74) is 1.22. The summed E-state index contributed by atoms with van der Waals surface area (Å²) in [6, 6.07) is 13.6. The maximum Gasteiger partial charge on any atom is 0.489 e. The van der Waals surface area contributed by atoms with Crippen molar-refractivity contribution in [1.82, 2.24) is 14.5 Å². The highest BCUT2D eigenvalue weighted by Gasteiger charge is 2.35. The number of fused-ring (bicyclic) bond motifs is 2. The van der Waals surface area contributed by atoms with Crippen LogP contribution in [-0.4, -0.2) is 25.6 Å². The van der Waals surface area contributed by atoms with Crippen LogP contribution in [0.4, 0.5) is 13.2 Å². The molecule has 0 spiro atoms. The molecule has 138 valence electrons. The molecule has 3 aromatic heterocycles. The van der Waals surface area contributed by atoms with Crippen molar-refractivity contribution in [2.75, 3.05) is 11.1 Å². The number of thioether (sulfide) groups is 1. The Morgan fingerprint density at radius 1 is 1.04 bits per heavy atom. The number of hydrogen-bond donors (Lipinski definition) is 0. The van der Waals surface area contributed by atoms with Gasteiger partial charge in [-0.2, -0.15) is 0 Å². The monoisotopic (exact) mass is 451 g/mol. The summed E-state index contributed by atoms with van der Waals surface area (Å²) >= 11 is 5.06. The van der Waals surface area contributed by atoms with Gasteiger partial charge >= 0.3 is 6.30 Å². The Bertz CT molecular complexity index is 1120. The van der Waals surface area contributed by atoms with Crippen LogP contribution in [0.3, 0.4) is 0 Å². The zero-order valence-corrected chi connectivity index (χ0v) is 16.3. The van der Waals surface area contributed by atoms with Gasteiger partial charge < -0.3 is 0 Å². The van der Waals surface area contributed by atoms with Gasteiger partial charge in [-0.3, -0.25) is 4.98 Å². The Kier molecular flexibility index (Phi) is 4.86. The van der Waals surface area contributed by atoms with Gasteiger partial charge in [0.1, 0.15) is 0 Å². The van der Waals surface area contributed by atoms with Gasteiger partial charge in [0.05, 0.1) is 27.9 Å². The van der Waals surface area contributed by atoms with E-state index < -0.39 is 6.30 Å². The molecule has 8 heteroatoms. The van der Waals surface area contributed by atoms with Gasteiger partial charge in [-0.1, -0.05) is 28.1 Å². The highest BCUT2D eigenvalue weighted by molar-refractivity contribution is 9.09. The molecule has 0 amide bonds. The van der Waals surface area contributed by atoms with Gasteiger partial charge in [0.2, 0.25) is 0 Å². The van der Waals surface area contributed by atoms with Gasteiger partial charge in [-0.15, -0.1) is 24.9 Å². The van der Waals surface area contributed by atoms with E-state index in [0.717, 1.165) is 21.4 Å². The molecule has 0 aliphatic heterocycles. The predicted octanol–water partition coefficient (Wildman–Crippen LogP) is 6.21. The third-order valence-electron chi connectivity index (χ3n) is 4.10. The van der Waals surface area contributed by atoms with Crippen LogP contribution in [0.5, 0.6) is 0 Å². The molecular weight excluding hydrogens is 439 g/mol. The second-order valence-electron chi connectivity index (χ2n) is 5.83. The second-order valence-corrected chi connectivity index (χ2v) is 7.79. The van der Waals surface area contributed by atoms with Gasteiger partial charge in [0.15, 0.2) is 0 Å². The molecule has 4 aromatic rings. The summed E-state index contributed by atoms with van der Waals surface area (Å²) in [4.78, 5) is 9.60. The van der Waals surface area contributed by atoms with E-state index in [1.54, 1.807) is 23.9 Å². The predicted molar refractivity (Wildman–Crippen MR) is 106 cm³/mol. The first-order valence-corrected chi connectivity index (χ1v) is 10.2. The molecule has 0 aliphatic rings. The third-order valence-corrected chi connectivity index (χ3v) is 6.01. The summed E-state index contributed by atoms with van der Waals surface area (Å²) in [6.07, 6.45) is -3.08. The van der Waals surface area contributed by atoms with E-state index in [-0.39, 0.29) is 22.4 Å². The van der Waals surface area contributed by atoms with E-state index >= 15 is 0 Å². The molecule has 0 atom stereocenters. The van der Waals surface area contributed by atoms with E-state index in [1.165, 1.54) is 24.4 Å². The van der Waals surface area contributed by atoms with E-state index in [1.807, 2.05) is 18.2 Å². The maximum absolute atomic E-state index is 13.7. The van der Waals surface area contributed by atoms with Crippen molar-refractivity contribution in [3.8, 4) is 11.4 Å². The smallest absolute Gasteiger partial charge is 0.255 e. The normalized spacial score (nSPS) is 12.1. The van der Waals surface area contributed by atoms with Crippen LogP contribution in [-0.2, 0) is 6.30 Å². The fourth-order valence-corrected chi connectivity index (χ4v) is 4.14. The molecule has 0 bridgehead atoms. The lowest BCUT2D eigenvalue weighted by molar-refractivity contribution is -0.199. The van der Waals surface area contributed by atoms with Crippen LogP contribution >= 0.6 is 27.7 Å². The van der Waals surface area contributed by atoms with Gasteiger partial charge in [-0.05, 0) is 36.4 Å². The average molecular weight is 452 g/mol. The topological polar surface area (TPSA) is 30.7 Å². The number of nitrogens with zero attached hydrogens (tertiary/aromatic N) is 3. The number of pyridine rings is 2. The molecule has 27 heavy (non-hydrogen) atoms. The minimum Gasteiger partial charge on any atom is -0.255 e. The molecule has 3 heterocycles. The standard InChI is InChI=1S/C19H13BrF3N3S/c20-7-9-27-13-5-3-12-4-6-14(25-15(12)10-13)18-11-16-17(2-1-8-24-16)26(18)19(21,22)23/h1-6,8,10-11H,7,9H2. The molecule has 0 unspecified atom stereocenters. The van der Waals surface area contributed by atoms with Crippen molar-refractivity contribution in [2.45, 2.75) is 11.2 Å². The quantitative estimate of drug-likeness (QED) is 0.272. The molecule has 0 saturated heterocycles. The number of halogens is 4. The highest BCUT2D eigenvalue weighted by Crippen LogP contribution is 2.36. The molecule has 0 N–H and O–H groups in total. The summed E-state index contributed by atoms with van der Waals surface area (Å²) in [5, 5.41) is 1.75. The average Bonchev–Trinajstić information content (AvgIpc) is 3.05. The second kappa shape index (κ2) is 7.16. The van der Waals surface area contributed by atoms with Crippen molar-refractivity contribution in [3.63, 3.8) is 0 Å². The highest BCUT2D eigenvalue weighted by atomic mass is 79.9. The Morgan fingerprint density at radius 3 is 2.63 bits per heavy atom. The minimum atomic E-state index is -4.57. The molecule has 0 fully saturated rings. The van der Waals surface area contributed by atoms with Gasteiger partial charge in [0.25, 0.3) is 0 Å². The Balaban J connectivity index is 1.89. The van der Waals surface area contributed by atoms with Crippen molar-refractivity contribution in [1.29, 1.82) is 0 Å². The van der Waals surface area contributed by atoms with Gasteiger partial charge in [0, 0.05) is 27.6 Å². The maximum atomic E-state index is 13.7. The SMILES string of the molecule is FC(F)(F)n1c(-c2ccc3ccc(SCCBr)cc3n2)cc2ncccc21. The number of benzene rings is 1. The molecule has 0 radical (unpaired) electrons. The first kappa shape index (κ1) is 18.3. The number of alkyl halides is 4. The lowest BCUT2D eigenvalue weighted by atomic mass is 10.2. The Labute approximate surface area is 165 Å². The molecule has 0 saturated carbocycles. The first-order chi connectivity index (χ1) is 13.0. The zero-order chi connectivity index (χ0) is 19.0. The summed E-state index contributed by atoms with van der Waals surface area (Å²) in [5.74, 6) is 0.902. The largest absolute Gasteiger partial charge is 0.489 e. The van der Waals surface area contributed by atoms with E-state index in [0.29, 0.717) is 10.1 Å². The van der Waals surface area contributed by atoms with Crippen molar-refractivity contribution in [2.24, 2.45) is 0 Å². The molecule has 4 rings (SSSR count). The van der Waals surface area contributed by atoms with Crippen LogP contribution in [0.15, 0.2) is 59.6 Å². The van der Waals surface area contributed by atoms with Crippen molar-refractivity contribution < 1.29 is 13.2 Å². The fraction of sp³-hybridized carbons (Fsp3) is 0.158. The first-order valence-electron chi connectivity index (χ1n) is 8.11. The van der Waals surface area contributed by atoms with E-state index in [2.05, 4.69) is 25.9 Å². The lowest BCUT2D eigenvalue weighted by Gasteiger charge is -2.14. The van der Waals surface area contributed by atoms with E-state index in [9.17, 15) is 13.2 Å². The Hall–Kier alpha value is -2.06. The van der Waals surface area contributed by atoms with Crippen LogP contribution in [0, 0.1) is 0 Å². The molecular formula is C19H13BrF3N3S. The minimum absolute atomic E-state index is 0.0170. The Morgan fingerprint density at radius 2 is 1.85 bits per heavy atom. The number of aromatic nitrogens is 3. The molecule has 1 aromatic carbocycles. The van der Waals surface area contributed by atoms with Crippen molar-refractivity contribution in [3.05, 3.63) is 54.7 Å². The van der Waals surface area contributed by atoms with Crippen LogP contribution in [0.1, 0.15) is 0 Å². The van der Waals surface area contributed by atoms with E-state index in [4.69, 9.17) is 0 Å². The summed E-state index contributed by atoms with van der Waals surface area (Å²) in [6.45, 7) is 0. The van der Waals surface area contributed by atoms with Crippen molar-refractivity contribution >= 4 is 49.6 Å². The number of rotatable bonds is 4. The molecule has 3 nitrogen and oxygen atoms in total. The van der Waals surface area contributed by atoms with Crippen LogP contribution in [0.2, 0.25) is 0 Å².